The molecule has 6 N–H and O–H groups in total. The molecule has 2 saturated carbocycles. The average Bonchev–Trinajstić information content (AvgIpc) is 2.30. The molecule has 0 radical (unpaired) electrons. The molecule has 0 saturated heterocycles. The van der Waals surface area contributed by atoms with Crippen LogP contribution in [0, 0.1) is 17.8 Å². The first-order valence-corrected chi connectivity index (χ1v) is 6.88. The summed E-state index contributed by atoms with van der Waals surface area (Å²) in [7, 11) is 0. The van der Waals surface area contributed by atoms with Gasteiger partial charge in [0.2, 0.25) is 0 Å². The van der Waals surface area contributed by atoms with Crippen molar-refractivity contribution in [2.24, 2.45) is 17.8 Å². The lowest BCUT2D eigenvalue weighted by Crippen LogP contribution is -2.24. The van der Waals surface area contributed by atoms with Crippen molar-refractivity contribution in [3.8, 4) is 0 Å². The van der Waals surface area contributed by atoms with Crippen molar-refractivity contribution in [3.05, 3.63) is 0 Å². The Labute approximate surface area is 102 Å². The van der Waals surface area contributed by atoms with E-state index >= 15 is 0 Å². The Bertz CT molecular complexity index is 140. The van der Waals surface area contributed by atoms with Crippen LogP contribution in [0.25, 0.3) is 0 Å². The SMILES string of the molecule is CC(C1CCCCC1)C1CCCCC1.N.N. The van der Waals surface area contributed by atoms with Gasteiger partial charge in [0.05, 0.1) is 0 Å². The third-order valence-electron chi connectivity index (χ3n) is 4.79. The second-order valence-corrected chi connectivity index (χ2v) is 5.66. The highest BCUT2D eigenvalue weighted by molar-refractivity contribution is 4.78. The van der Waals surface area contributed by atoms with Crippen molar-refractivity contribution < 1.29 is 0 Å². The van der Waals surface area contributed by atoms with Crippen molar-refractivity contribution >= 4 is 0 Å². The Kier molecular flexibility index (Phi) is 8.04. The Balaban J connectivity index is 0.00000112. The fourth-order valence-corrected chi connectivity index (χ4v) is 3.70. The molecule has 0 amide bonds. The smallest absolute Gasteiger partial charge is 0.0386 e. The van der Waals surface area contributed by atoms with Gasteiger partial charge in [0.15, 0.2) is 0 Å². The molecule has 16 heavy (non-hydrogen) atoms. The quantitative estimate of drug-likeness (QED) is 0.689. The molecule has 2 rings (SSSR count). The predicted molar refractivity (Wildman–Crippen MR) is 72.4 cm³/mol. The van der Waals surface area contributed by atoms with E-state index in [9.17, 15) is 0 Å². The van der Waals surface area contributed by atoms with Crippen LogP contribution in [-0.4, -0.2) is 0 Å². The topological polar surface area (TPSA) is 70.0 Å². The van der Waals surface area contributed by atoms with Gasteiger partial charge in [0.1, 0.15) is 0 Å². The second kappa shape index (κ2) is 8.08. The summed E-state index contributed by atoms with van der Waals surface area (Å²) in [6.45, 7) is 2.55. The molecule has 0 spiro atoms. The van der Waals surface area contributed by atoms with Crippen molar-refractivity contribution in [3.63, 3.8) is 0 Å². The fourth-order valence-electron chi connectivity index (χ4n) is 3.70. The van der Waals surface area contributed by atoms with Crippen molar-refractivity contribution in [1.82, 2.24) is 12.3 Å². The van der Waals surface area contributed by atoms with E-state index in [2.05, 4.69) is 6.92 Å². The van der Waals surface area contributed by atoms with Gasteiger partial charge in [0, 0.05) is 0 Å². The van der Waals surface area contributed by atoms with Crippen LogP contribution in [0.15, 0.2) is 0 Å². The Hall–Kier alpha value is -0.0800. The molecule has 0 unspecified atom stereocenters. The van der Waals surface area contributed by atoms with Gasteiger partial charge in [-0.1, -0.05) is 71.1 Å². The maximum absolute atomic E-state index is 2.55. The van der Waals surface area contributed by atoms with Crippen LogP contribution in [0.4, 0.5) is 0 Å². The monoisotopic (exact) mass is 228 g/mol. The highest BCUT2D eigenvalue weighted by atomic mass is 14.3. The predicted octanol–water partition coefficient (Wildman–Crippen LogP) is 5.11. The van der Waals surface area contributed by atoms with Crippen LogP contribution < -0.4 is 12.3 Å². The van der Waals surface area contributed by atoms with Crippen LogP contribution in [0.5, 0.6) is 0 Å². The van der Waals surface area contributed by atoms with E-state index in [0.717, 1.165) is 17.8 Å². The Morgan fingerprint density at radius 3 is 1.25 bits per heavy atom. The lowest BCUT2D eigenvalue weighted by Gasteiger charge is -2.35. The van der Waals surface area contributed by atoms with E-state index in [1.165, 1.54) is 64.2 Å². The summed E-state index contributed by atoms with van der Waals surface area (Å²) in [5.41, 5.74) is 0. The van der Waals surface area contributed by atoms with Gasteiger partial charge in [-0.05, 0) is 17.8 Å². The van der Waals surface area contributed by atoms with E-state index in [-0.39, 0.29) is 12.3 Å². The van der Waals surface area contributed by atoms with Crippen LogP contribution in [0.1, 0.15) is 71.1 Å². The highest BCUT2D eigenvalue weighted by Gasteiger charge is 2.27. The Morgan fingerprint density at radius 2 is 0.938 bits per heavy atom. The molecule has 0 aromatic heterocycles. The van der Waals surface area contributed by atoms with E-state index in [0.29, 0.717) is 0 Å². The highest BCUT2D eigenvalue weighted by Crippen LogP contribution is 2.39. The summed E-state index contributed by atoms with van der Waals surface area (Å²) in [5, 5.41) is 0. The summed E-state index contributed by atoms with van der Waals surface area (Å²) >= 11 is 0. The molecule has 0 aliphatic heterocycles. The van der Waals surface area contributed by atoms with E-state index in [1.54, 1.807) is 0 Å². The van der Waals surface area contributed by atoms with Gasteiger partial charge in [-0.2, -0.15) is 0 Å². The minimum atomic E-state index is 0. The summed E-state index contributed by atoms with van der Waals surface area (Å²) in [4.78, 5) is 0. The molecule has 0 atom stereocenters. The molecule has 0 bridgehead atoms. The minimum Gasteiger partial charge on any atom is -0.344 e. The zero-order valence-electron chi connectivity index (χ0n) is 11.2. The van der Waals surface area contributed by atoms with Crippen molar-refractivity contribution in [2.75, 3.05) is 0 Å². The van der Waals surface area contributed by atoms with E-state index in [4.69, 9.17) is 0 Å². The molecule has 2 nitrogen and oxygen atoms in total. The van der Waals surface area contributed by atoms with Crippen LogP contribution in [-0.2, 0) is 0 Å². The van der Waals surface area contributed by atoms with Gasteiger partial charge in [-0.15, -0.1) is 0 Å². The molecule has 2 fully saturated rings. The average molecular weight is 228 g/mol. The lowest BCUT2D eigenvalue weighted by molar-refractivity contribution is 0.159. The second-order valence-electron chi connectivity index (χ2n) is 5.66. The third kappa shape index (κ3) is 4.06. The van der Waals surface area contributed by atoms with Gasteiger partial charge in [0.25, 0.3) is 0 Å². The lowest BCUT2D eigenvalue weighted by atomic mass is 9.71. The molecule has 98 valence electrons. The van der Waals surface area contributed by atoms with Gasteiger partial charge >= 0.3 is 0 Å². The summed E-state index contributed by atoms with van der Waals surface area (Å²) < 4.78 is 0. The first-order valence-electron chi connectivity index (χ1n) is 6.88. The van der Waals surface area contributed by atoms with Crippen molar-refractivity contribution in [1.29, 1.82) is 0 Å². The van der Waals surface area contributed by atoms with E-state index in [1.807, 2.05) is 0 Å². The van der Waals surface area contributed by atoms with Crippen LogP contribution in [0.2, 0.25) is 0 Å². The van der Waals surface area contributed by atoms with Crippen molar-refractivity contribution in [2.45, 2.75) is 71.1 Å². The zero-order valence-corrected chi connectivity index (χ0v) is 11.2. The molecule has 0 aromatic rings. The van der Waals surface area contributed by atoms with Crippen LogP contribution >= 0.6 is 0 Å². The number of rotatable bonds is 2. The number of hydrogen-bond donors (Lipinski definition) is 2. The fraction of sp³-hybridized carbons (Fsp3) is 1.00. The number of hydrogen-bond acceptors (Lipinski definition) is 2. The largest absolute Gasteiger partial charge is 0.344 e. The Morgan fingerprint density at radius 1 is 0.625 bits per heavy atom. The molecular formula is C14H32N2. The summed E-state index contributed by atoms with van der Waals surface area (Å²) in [5.74, 6) is 3.22. The molecule has 0 heterocycles. The molecular weight excluding hydrogens is 196 g/mol. The first-order chi connectivity index (χ1) is 6.88. The molecule has 2 heteroatoms. The minimum absolute atomic E-state index is 0. The maximum atomic E-state index is 2.55. The molecule has 0 aromatic carbocycles. The van der Waals surface area contributed by atoms with Crippen LogP contribution in [0.3, 0.4) is 0 Å². The first kappa shape index (κ1) is 15.9. The summed E-state index contributed by atoms with van der Waals surface area (Å²) in [6, 6.07) is 0. The van der Waals surface area contributed by atoms with Gasteiger partial charge in [-0.3, -0.25) is 0 Å². The normalized spacial score (nSPS) is 23.6. The standard InChI is InChI=1S/C14H26.2H3N/c1-12(13-8-4-2-5-9-13)14-10-6-3-7-11-14;;/h12-14H,2-11H2,1H3;2*1H3. The van der Waals surface area contributed by atoms with Gasteiger partial charge < -0.3 is 12.3 Å². The summed E-state index contributed by atoms with van der Waals surface area (Å²) in [6.07, 6.45) is 15.2. The molecule has 2 aliphatic carbocycles. The maximum Gasteiger partial charge on any atom is -0.0386 e. The zero-order chi connectivity index (χ0) is 9.80. The van der Waals surface area contributed by atoms with Gasteiger partial charge in [-0.25, -0.2) is 0 Å². The van der Waals surface area contributed by atoms with E-state index < -0.39 is 0 Å². The third-order valence-corrected chi connectivity index (χ3v) is 4.79. The molecule has 2 aliphatic rings.